The minimum Gasteiger partial charge on any atom is -0.550 e. The summed E-state index contributed by atoms with van der Waals surface area (Å²) in [7, 11) is 5.77. The van der Waals surface area contributed by atoms with Crippen LogP contribution in [0.5, 0.6) is 0 Å². The van der Waals surface area contributed by atoms with E-state index in [9.17, 15) is 14.7 Å². The summed E-state index contributed by atoms with van der Waals surface area (Å²) in [6.45, 7) is 2.65. The highest BCUT2D eigenvalue weighted by Crippen LogP contribution is 2.09. The molecule has 24 heavy (non-hydrogen) atoms. The molecule has 0 amide bonds. The highest BCUT2D eigenvalue weighted by Gasteiger charge is 2.21. The SMILES string of the molecule is CCCCCCCCC/C=C/C(=O)O[C@H](CC(=O)[O-])C[N+](C)(C)C. The van der Waals surface area contributed by atoms with E-state index in [-0.39, 0.29) is 6.42 Å². The number of rotatable bonds is 14. The Labute approximate surface area is 147 Å². The summed E-state index contributed by atoms with van der Waals surface area (Å²) in [5.41, 5.74) is 0. The fourth-order valence-electron chi connectivity index (χ4n) is 2.54. The van der Waals surface area contributed by atoms with E-state index < -0.39 is 18.0 Å². The van der Waals surface area contributed by atoms with Crippen LogP contribution in [-0.4, -0.2) is 50.2 Å². The normalized spacial score (nSPS) is 13.2. The highest BCUT2D eigenvalue weighted by atomic mass is 16.5. The molecule has 1 atom stereocenters. The van der Waals surface area contributed by atoms with Crippen LogP contribution in [0.4, 0.5) is 0 Å². The van der Waals surface area contributed by atoms with E-state index in [0.29, 0.717) is 11.0 Å². The molecule has 0 aromatic rings. The van der Waals surface area contributed by atoms with Crippen LogP contribution in [0.2, 0.25) is 0 Å². The standard InChI is InChI=1S/C19H35NO4/c1-5-6-7-8-9-10-11-12-13-14-19(23)24-17(15-18(21)22)16-20(2,3)4/h13-14,17H,5-12,15-16H2,1-4H3/b14-13+/t17-/m1/s1. The average molecular weight is 341 g/mol. The molecule has 0 bridgehead atoms. The van der Waals surface area contributed by atoms with E-state index in [2.05, 4.69) is 6.92 Å². The third-order valence-electron chi connectivity index (χ3n) is 3.66. The molecule has 0 aliphatic heterocycles. The maximum atomic E-state index is 11.8. The molecule has 0 saturated heterocycles. The summed E-state index contributed by atoms with van der Waals surface area (Å²) in [5.74, 6) is -1.68. The van der Waals surface area contributed by atoms with E-state index in [1.165, 1.54) is 44.6 Å². The van der Waals surface area contributed by atoms with E-state index in [1.54, 1.807) is 0 Å². The first-order valence-corrected chi connectivity index (χ1v) is 9.12. The van der Waals surface area contributed by atoms with Crippen molar-refractivity contribution in [3.63, 3.8) is 0 Å². The molecule has 140 valence electrons. The second-order valence-electron chi connectivity index (χ2n) is 7.42. The molecule has 0 heterocycles. The van der Waals surface area contributed by atoms with Crippen molar-refractivity contribution in [1.82, 2.24) is 0 Å². The van der Waals surface area contributed by atoms with Crippen LogP contribution in [0, 0.1) is 0 Å². The van der Waals surface area contributed by atoms with Crippen LogP contribution in [0.25, 0.3) is 0 Å². The Morgan fingerprint density at radius 1 is 1.04 bits per heavy atom. The fraction of sp³-hybridized carbons (Fsp3) is 0.789. The van der Waals surface area contributed by atoms with Crippen LogP contribution in [0.15, 0.2) is 12.2 Å². The zero-order valence-corrected chi connectivity index (χ0v) is 15.9. The van der Waals surface area contributed by atoms with Crippen LogP contribution < -0.4 is 5.11 Å². The number of esters is 1. The second kappa shape index (κ2) is 13.0. The van der Waals surface area contributed by atoms with Crippen molar-refractivity contribution in [2.45, 2.75) is 70.8 Å². The number of carboxylic acids is 1. The van der Waals surface area contributed by atoms with Gasteiger partial charge in [0.25, 0.3) is 0 Å². The summed E-state index contributed by atoms with van der Waals surface area (Å²) >= 11 is 0. The van der Waals surface area contributed by atoms with Crippen LogP contribution >= 0.6 is 0 Å². The Hall–Kier alpha value is -1.36. The van der Waals surface area contributed by atoms with Gasteiger partial charge in [-0.2, -0.15) is 0 Å². The van der Waals surface area contributed by atoms with Gasteiger partial charge in [-0.3, -0.25) is 0 Å². The zero-order chi connectivity index (χ0) is 18.4. The lowest BCUT2D eigenvalue weighted by atomic mass is 10.1. The molecular weight excluding hydrogens is 306 g/mol. The first-order chi connectivity index (χ1) is 11.2. The van der Waals surface area contributed by atoms with Gasteiger partial charge in [-0.15, -0.1) is 0 Å². The van der Waals surface area contributed by atoms with E-state index in [0.717, 1.165) is 12.8 Å². The molecule has 0 aliphatic carbocycles. The number of carbonyl (C=O) groups is 2. The Morgan fingerprint density at radius 3 is 2.17 bits per heavy atom. The van der Waals surface area contributed by atoms with Gasteiger partial charge in [0.2, 0.25) is 0 Å². The summed E-state index contributed by atoms with van der Waals surface area (Å²) in [6, 6.07) is 0. The molecule has 5 heteroatoms. The van der Waals surface area contributed by atoms with Gasteiger partial charge < -0.3 is 19.1 Å². The number of nitrogens with zero attached hydrogens (tertiary/aromatic N) is 1. The first kappa shape index (κ1) is 22.6. The Bertz CT molecular complexity index is 385. The van der Waals surface area contributed by atoms with Crippen molar-refractivity contribution in [2.24, 2.45) is 0 Å². The molecule has 0 radical (unpaired) electrons. The number of ether oxygens (including phenoxy) is 1. The smallest absolute Gasteiger partial charge is 0.330 e. The van der Waals surface area contributed by atoms with Gasteiger partial charge in [-0.1, -0.05) is 51.5 Å². The van der Waals surface area contributed by atoms with Gasteiger partial charge in [0, 0.05) is 18.5 Å². The molecule has 0 saturated carbocycles. The lowest BCUT2D eigenvalue weighted by Crippen LogP contribution is -2.45. The first-order valence-electron chi connectivity index (χ1n) is 9.12. The molecule has 0 spiro atoms. The van der Waals surface area contributed by atoms with Gasteiger partial charge in [0.15, 0.2) is 6.10 Å². The van der Waals surface area contributed by atoms with E-state index in [1.807, 2.05) is 27.2 Å². The number of likely N-dealkylation sites (N-methyl/N-ethyl adjacent to an activating group) is 1. The number of quaternary nitrogens is 1. The van der Waals surface area contributed by atoms with Crippen molar-refractivity contribution in [3.05, 3.63) is 12.2 Å². The van der Waals surface area contributed by atoms with Crippen molar-refractivity contribution < 1.29 is 23.9 Å². The number of unbranched alkanes of at least 4 members (excludes halogenated alkanes) is 7. The van der Waals surface area contributed by atoms with Crippen LogP contribution in [0.3, 0.4) is 0 Å². The molecule has 5 nitrogen and oxygen atoms in total. The third kappa shape index (κ3) is 15.5. The molecule has 0 rings (SSSR count). The minimum absolute atomic E-state index is 0.271. The lowest BCUT2D eigenvalue weighted by Gasteiger charge is -2.29. The van der Waals surface area contributed by atoms with Gasteiger partial charge in [-0.05, 0) is 12.8 Å². The molecule has 0 fully saturated rings. The van der Waals surface area contributed by atoms with Crippen molar-refractivity contribution in [1.29, 1.82) is 0 Å². The minimum atomic E-state index is -1.20. The lowest BCUT2D eigenvalue weighted by molar-refractivity contribution is -0.873. The molecular formula is C19H35NO4. The number of carbonyl (C=O) groups excluding carboxylic acids is 2. The van der Waals surface area contributed by atoms with E-state index in [4.69, 9.17) is 4.74 Å². The fourth-order valence-corrected chi connectivity index (χ4v) is 2.54. The topological polar surface area (TPSA) is 66.4 Å². The molecule has 0 N–H and O–H groups in total. The summed E-state index contributed by atoms with van der Waals surface area (Å²) in [4.78, 5) is 22.6. The Balaban J connectivity index is 3.99. The number of aliphatic carboxylic acids is 1. The molecule has 0 aliphatic rings. The quantitative estimate of drug-likeness (QED) is 0.211. The maximum Gasteiger partial charge on any atom is 0.330 e. The molecule has 0 unspecified atom stereocenters. The predicted octanol–water partition coefficient (Wildman–Crippen LogP) is 2.44. The Kier molecular flexibility index (Phi) is 12.3. The van der Waals surface area contributed by atoms with Crippen molar-refractivity contribution in [3.8, 4) is 0 Å². The van der Waals surface area contributed by atoms with Gasteiger partial charge >= 0.3 is 5.97 Å². The Morgan fingerprint density at radius 2 is 1.62 bits per heavy atom. The van der Waals surface area contributed by atoms with Crippen molar-refractivity contribution >= 4 is 11.9 Å². The second-order valence-corrected chi connectivity index (χ2v) is 7.42. The summed E-state index contributed by atoms with van der Waals surface area (Å²) in [6.07, 6.45) is 11.8. The van der Waals surface area contributed by atoms with Gasteiger partial charge in [0.05, 0.1) is 21.1 Å². The number of hydrogen-bond acceptors (Lipinski definition) is 4. The molecule has 0 aromatic carbocycles. The highest BCUT2D eigenvalue weighted by molar-refractivity contribution is 5.82. The number of hydrogen-bond donors (Lipinski definition) is 0. The molecule has 0 aromatic heterocycles. The average Bonchev–Trinajstić information content (AvgIpc) is 2.42. The third-order valence-corrected chi connectivity index (χ3v) is 3.66. The van der Waals surface area contributed by atoms with Crippen molar-refractivity contribution in [2.75, 3.05) is 27.7 Å². The zero-order valence-electron chi connectivity index (χ0n) is 15.9. The summed E-state index contributed by atoms with van der Waals surface area (Å²) < 4.78 is 5.77. The number of allylic oxidation sites excluding steroid dienone is 1. The predicted molar refractivity (Wildman–Crippen MR) is 94.2 cm³/mol. The van der Waals surface area contributed by atoms with Crippen LogP contribution in [-0.2, 0) is 14.3 Å². The number of carboxylic acid groups (broad SMARTS) is 1. The van der Waals surface area contributed by atoms with Gasteiger partial charge in [0.1, 0.15) is 6.54 Å². The monoisotopic (exact) mass is 341 g/mol. The van der Waals surface area contributed by atoms with E-state index >= 15 is 0 Å². The summed E-state index contributed by atoms with van der Waals surface area (Å²) in [5, 5.41) is 10.8. The maximum absolute atomic E-state index is 11.8. The van der Waals surface area contributed by atoms with Crippen LogP contribution in [0.1, 0.15) is 64.7 Å². The largest absolute Gasteiger partial charge is 0.550 e. The van der Waals surface area contributed by atoms with Gasteiger partial charge in [-0.25, -0.2) is 4.79 Å².